The van der Waals surface area contributed by atoms with E-state index in [1.807, 2.05) is 4.90 Å². The minimum atomic E-state index is -4.44. The van der Waals surface area contributed by atoms with Gasteiger partial charge in [0.2, 0.25) is 5.95 Å². The summed E-state index contributed by atoms with van der Waals surface area (Å²) in [7, 11) is 0. The van der Waals surface area contributed by atoms with Crippen molar-refractivity contribution in [3.63, 3.8) is 0 Å². The fourth-order valence-corrected chi connectivity index (χ4v) is 3.12. The summed E-state index contributed by atoms with van der Waals surface area (Å²) in [6.07, 6.45) is -3.08. The maximum absolute atomic E-state index is 13.3. The lowest BCUT2D eigenvalue weighted by Gasteiger charge is -2.36. The lowest BCUT2D eigenvalue weighted by molar-refractivity contribution is -0.137. The predicted molar refractivity (Wildman–Crippen MR) is 89.7 cm³/mol. The Morgan fingerprint density at radius 2 is 1.73 bits per heavy atom. The number of piperazine rings is 1. The molecule has 0 radical (unpaired) electrons. The summed E-state index contributed by atoms with van der Waals surface area (Å²) in [5.41, 5.74) is 0.507. The number of hydrogen-bond donors (Lipinski definition) is 1. The third kappa shape index (κ3) is 3.04. The van der Waals surface area contributed by atoms with Crippen molar-refractivity contribution in [2.24, 2.45) is 0 Å². The highest BCUT2D eigenvalue weighted by Gasteiger charge is 2.36. The van der Waals surface area contributed by atoms with Crippen molar-refractivity contribution in [3.05, 3.63) is 47.9 Å². The summed E-state index contributed by atoms with van der Waals surface area (Å²) in [6, 6.07) is 6.64. The van der Waals surface area contributed by atoms with Gasteiger partial charge in [-0.2, -0.15) is 13.2 Å². The van der Waals surface area contributed by atoms with Gasteiger partial charge in [-0.1, -0.05) is 0 Å². The van der Waals surface area contributed by atoms with Gasteiger partial charge in [0.05, 0.1) is 16.6 Å². The van der Waals surface area contributed by atoms with Crippen molar-refractivity contribution in [3.8, 4) is 0 Å². The Balaban J connectivity index is 1.52. The standard InChI is InChI=1S/C17H15F4N5/c18-11-3-4-13-14(10-11)24-16(23-13)26-8-6-25(7-9-26)15-12(17(19,20)21)2-1-5-22-15/h1-5,10H,6-9H2,(H,23,24). The molecule has 3 aromatic rings. The number of imidazole rings is 1. The van der Waals surface area contributed by atoms with Gasteiger partial charge < -0.3 is 14.8 Å². The maximum atomic E-state index is 13.3. The third-order valence-electron chi connectivity index (χ3n) is 4.40. The number of pyridine rings is 1. The number of anilines is 2. The molecule has 2 aromatic heterocycles. The van der Waals surface area contributed by atoms with Crippen LogP contribution in [0.1, 0.15) is 5.56 Å². The van der Waals surface area contributed by atoms with E-state index >= 15 is 0 Å². The van der Waals surface area contributed by atoms with E-state index in [1.54, 1.807) is 11.0 Å². The normalized spacial score (nSPS) is 15.7. The second kappa shape index (κ2) is 6.15. The van der Waals surface area contributed by atoms with Crippen molar-refractivity contribution < 1.29 is 17.6 Å². The van der Waals surface area contributed by atoms with Crippen LogP contribution in [0.2, 0.25) is 0 Å². The van der Waals surface area contributed by atoms with E-state index in [1.165, 1.54) is 24.4 Å². The molecule has 0 amide bonds. The van der Waals surface area contributed by atoms with Crippen LogP contribution in [0.25, 0.3) is 11.0 Å². The Hall–Kier alpha value is -2.84. The molecule has 1 fully saturated rings. The van der Waals surface area contributed by atoms with Crippen molar-refractivity contribution in [1.29, 1.82) is 0 Å². The molecule has 1 aliphatic rings. The number of hydrogen-bond acceptors (Lipinski definition) is 4. The van der Waals surface area contributed by atoms with Crippen molar-refractivity contribution in [2.45, 2.75) is 6.18 Å². The van der Waals surface area contributed by atoms with Gasteiger partial charge in [-0.3, -0.25) is 0 Å². The fourth-order valence-electron chi connectivity index (χ4n) is 3.12. The Morgan fingerprint density at radius 1 is 1.00 bits per heavy atom. The van der Waals surface area contributed by atoms with Gasteiger partial charge in [0, 0.05) is 38.4 Å². The quantitative estimate of drug-likeness (QED) is 0.707. The van der Waals surface area contributed by atoms with Crippen molar-refractivity contribution in [1.82, 2.24) is 15.0 Å². The largest absolute Gasteiger partial charge is 0.419 e. The molecule has 0 unspecified atom stereocenters. The molecule has 1 aromatic carbocycles. The summed E-state index contributed by atoms with van der Waals surface area (Å²) >= 11 is 0. The molecule has 0 bridgehead atoms. The predicted octanol–water partition coefficient (Wildman–Crippen LogP) is 3.44. The minimum absolute atomic E-state index is 0.0497. The van der Waals surface area contributed by atoms with E-state index in [4.69, 9.17) is 0 Å². The molecule has 0 saturated carbocycles. The van der Waals surface area contributed by atoms with Crippen molar-refractivity contribution in [2.75, 3.05) is 36.0 Å². The molecular weight excluding hydrogens is 350 g/mol. The second-order valence-corrected chi connectivity index (χ2v) is 6.07. The first kappa shape index (κ1) is 16.6. The van der Waals surface area contributed by atoms with Crippen molar-refractivity contribution >= 4 is 22.8 Å². The topological polar surface area (TPSA) is 48.1 Å². The van der Waals surface area contributed by atoms with Crippen LogP contribution < -0.4 is 9.80 Å². The Kier molecular flexibility index (Phi) is 3.93. The van der Waals surface area contributed by atoms with E-state index in [2.05, 4.69) is 15.0 Å². The lowest BCUT2D eigenvalue weighted by atomic mass is 10.2. The highest BCUT2D eigenvalue weighted by molar-refractivity contribution is 5.77. The third-order valence-corrected chi connectivity index (χ3v) is 4.40. The van der Waals surface area contributed by atoms with E-state index in [9.17, 15) is 17.6 Å². The SMILES string of the molecule is Fc1ccc2[nH]c(N3CCN(c4ncccc4C(F)(F)F)CC3)nc2c1. The second-order valence-electron chi connectivity index (χ2n) is 6.07. The van der Waals surface area contributed by atoms with Crippen LogP contribution in [0.4, 0.5) is 29.3 Å². The molecule has 1 aliphatic heterocycles. The number of fused-ring (bicyclic) bond motifs is 1. The number of nitrogens with one attached hydrogen (secondary N) is 1. The molecule has 26 heavy (non-hydrogen) atoms. The maximum Gasteiger partial charge on any atom is 0.419 e. The summed E-state index contributed by atoms with van der Waals surface area (Å²) in [5.74, 6) is 0.170. The molecule has 4 rings (SSSR count). The molecule has 0 spiro atoms. The van der Waals surface area contributed by atoms with Crippen LogP contribution in [-0.4, -0.2) is 41.1 Å². The molecule has 3 heterocycles. The minimum Gasteiger partial charge on any atom is -0.353 e. The average molecular weight is 365 g/mol. The monoisotopic (exact) mass is 365 g/mol. The Bertz CT molecular complexity index is 928. The summed E-state index contributed by atoms with van der Waals surface area (Å²) in [5, 5.41) is 0. The van der Waals surface area contributed by atoms with Gasteiger partial charge in [0.15, 0.2) is 0 Å². The number of aromatic amines is 1. The van der Waals surface area contributed by atoms with Gasteiger partial charge in [0.1, 0.15) is 11.6 Å². The zero-order chi connectivity index (χ0) is 18.3. The van der Waals surface area contributed by atoms with Gasteiger partial charge >= 0.3 is 6.18 Å². The average Bonchev–Trinajstić information content (AvgIpc) is 3.04. The van der Waals surface area contributed by atoms with Crippen LogP contribution >= 0.6 is 0 Å². The van der Waals surface area contributed by atoms with Crippen LogP contribution in [0, 0.1) is 5.82 Å². The fraction of sp³-hybridized carbons (Fsp3) is 0.294. The Labute approximate surface area is 146 Å². The lowest BCUT2D eigenvalue weighted by Crippen LogP contribution is -2.47. The number of aromatic nitrogens is 3. The van der Waals surface area contributed by atoms with Crippen LogP contribution in [0.15, 0.2) is 36.5 Å². The molecule has 0 atom stereocenters. The van der Waals surface area contributed by atoms with Crippen LogP contribution in [0.5, 0.6) is 0 Å². The van der Waals surface area contributed by atoms with E-state index in [-0.39, 0.29) is 11.6 Å². The van der Waals surface area contributed by atoms with Crippen LogP contribution in [0.3, 0.4) is 0 Å². The number of H-pyrrole nitrogens is 1. The zero-order valence-electron chi connectivity index (χ0n) is 13.6. The van der Waals surface area contributed by atoms with Gasteiger partial charge in [-0.15, -0.1) is 0 Å². The smallest absolute Gasteiger partial charge is 0.353 e. The van der Waals surface area contributed by atoms with E-state index in [0.29, 0.717) is 43.2 Å². The first-order valence-electron chi connectivity index (χ1n) is 8.09. The van der Waals surface area contributed by atoms with Crippen LogP contribution in [-0.2, 0) is 6.18 Å². The number of rotatable bonds is 2. The van der Waals surface area contributed by atoms with Gasteiger partial charge in [-0.05, 0) is 24.3 Å². The van der Waals surface area contributed by atoms with E-state index in [0.717, 1.165) is 6.07 Å². The summed E-state index contributed by atoms with van der Waals surface area (Å²) in [6.45, 7) is 1.73. The zero-order valence-corrected chi connectivity index (χ0v) is 13.6. The Morgan fingerprint density at radius 3 is 2.46 bits per heavy atom. The molecule has 1 N–H and O–H groups in total. The molecule has 1 saturated heterocycles. The molecule has 136 valence electrons. The molecule has 0 aliphatic carbocycles. The molecule has 5 nitrogen and oxygen atoms in total. The van der Waals surface area contributed by atoms with Gasteiger partial charge in [-0.25, -0.2) is 14.4 Å². The molecule has 9 heteroatoms. The number of halogens is 4. The number of alkyl halides is 3. The highest BCUT2D eigenvalue weighted by Crippen LogP contribution is 2.35. The summed E-state index contributed by atoms with van der Waals surface area (Å²) < 4.78 is 52.8. The first-order chi connectivity index (χ1) is 12.4. The van der Waals surface area contributed by atoms with E-state index < -0.39 is 11.7 Å². The van der Waals surface area contributed by atoms with Gasteiger partial charge in [0.25, 0.3) is 0 Å². The number of benzene rings is 1. The first-order valence-corrected chi connectivity index (χ1v) is 8.09. The summed E-state index contributed by atoms with van der Waals surface area (Å²) in [4.78, 5) is 15.0. The number of nitrogens with zero attached hydrogens (tertiary/aromatic N) is 4. The molecular formula is C17H15F4N5. The highest BCUT2D eigenvalue weighted by atomic mass is 19.4.